The van der Waals surface area contributed by atoms with Gasteiger partial charge in [0.05, 0.1) is 25.3 Å². The molecule has 0 unspecified atom stereocenters. The van der Waals surface area contributed by atoms with Crippen LogP contribution in [0.15, 0.2) is 41.3 Å². The SMILES string of the molecule is COc1ccc(OC)c(Nc2nc(=O)c3cccnc3s2)c1. The van der Waals surface area contributed by atoms with Crippen LogP contribution in [-0.4, -0.2) is 24.2 Å². The van der Waals surface area contributed by atoms with E-state index in [9.17, 15) is 4.79 Å². The van der Waals surface area contributed by atoms with Gasteiger partial charge in [0.25, 0.3) is 5.56 Å². The van der Waals surface area contributed by atoms with E-state index in [-0.39, 0.29) is 5.56 Å². The standard InChI is InChI=1S/C15H13N3O3S/c1-20-9-5-6-12(21-2)11(8-9)17-15-18-13(19)10-4-3-7-16-14(10)22-15/h3-8H,1-2H3,(H,17,18,19). The molecule has 112 valence electrons. The molecular weight excluding hydrogens is 302 g/mol. The van der Waals surface area contributed by atoms with Crippen LogP contribution in [0.4, 0.5) is 10.8 Å². The fraction of sp³-hybridized carbons (Fsp3) is 0.133. The van der Waals surface area contributed by atoms with E-state index >= 15 is 0 Å². The molecule has 2 aromatic heterocycles. The van der Waals surface area contributed by atoms with Crippen molar-refractivity contribution in [3.8, 4) is 11.5 Å². The maximum absolute atomic E-state index is 12.0. The Labute approximate surface area is 130 Å². The number of anilines is 2. The number of fused-ring (bicyclic) bond motifs is 1. The molecule has 0 fully saturated rings. The Kier molecular flexibility index (Phi) is 3.88. The van der Waals surface area contributed by atoms with E-state index in [1.54, 1.807) is 50.7 Å². The van der Waals surface area contributed by atoms with Gasteiger partial charge in [-0.1, -0.05) is 11.3 Å². The Bertz CT molecular complexity index is 879. The number of pyridine rings is 1. The molecule has 22 heavy (non-hydrogen) atoms. The minimum absolute atomic E-state index is 0.314. The second-order valence-electron chi connectivity index (χ2n) is 4.37. The number of hydrogen-bond donors (Lipinski definition) is 1. The molecule has 2 heterocycles. The lowest BCUT2D eigenvalue weighted by Gasteiger charge is -2.11. The van der Waals surface area contributed by atoms with Crippen LogP contribution in [0.5, 0.6) is 11.5 Å². The molecule has 0 radical (unpaired) electrons. The Morgan fingerprint density at radius 2 is 2.05 bits per heavy atom. The molecule has 3 aromatic rings. The largest absolute Gasteiger partial charge is 0.497 e. The van der Waals surface area contributed by atoms with Crippen molar-refractivity contribution in [1.82, 2.24) is 9.97 Å². The zero-order valence-corrected chi connectivity index (χ0v) is 12.8. The molecular formula is C15H13N3O3S. The highest BCUT2D eigenvalue weighted by Gasteiger charge is 2.09. The molecule has 1 N–H and O–H groups in total. The van der Waals surface area contributed by atoms with Crippen molar-refractivity contribution in [1.29, 1.82) is 0 Å². The maximum Gasteiger partial charge on any atom is 0.282 e. The Morgan fingerprint density at radius 1 is 1.18 bits per heavy atom. The lowest BCUT2D eigenvalue weighted by Crippen LogP contribution is -2.08. The van der Waals surface area contributed by atoms with E-state index in [1.165, 1.54) is 11.3 Å². The summed E-state index contributed by atoms with van der Waals surface area (Å²) in [6.45, 7) is 0. The third kappa shape index (κ3) is 2.71. The third-order valence-electron chi connectivity index (χ3n) is 3.05. The molecule has 0 aliphatic carbocycles. The number of rotatable bonds is 4. The zero-order valence-electron chi connectivity index (χ0n) is 12.0. The normalized spacial score (nSPS) is 10.5. The van der Waals surface area contributed by atoms with Crippen molar-refractivity contribution in [2.75, 3.05) is 19.5 Å². The van der Waals surface area contributed by atoms with Gasteiger partial charge < -0.3 is 14.8 Å². The summed E-state index contributed by atoms with van der Waals surface area (Å²) >= 11 is 1.30. The first-order valence-electron chi connectivity index (χ1n) is 6.46. The molecule has 0 aliphatic heterocycles. The van der Waals surface area contributed by atoms with Gasteiger partial charge in [0.1, 0.15) is 16.3 Å². The van der Waals surface area contributed by atoms with Crippen molar-refractivity contribution in [3.63, 3.8) is 0 Å². The molecule has 1 aromatic carbocycles. The van der Waals surface area contributed by atoms with Gasteiger partial charge in [0.2, 0.25) is 0 Å². The fourth-order valence-electron chi connectivity index (χ4n) is 1.98. The summed E-state index contributed by atoms with van der Waals surface area (Å²) in [6.07, 6.45) is 1.65. The van der Waals surface area contributed by atoms with Crippen LogP contribution in [-0.2, 0) is 0 Å². The second-order valence-corrected chi connectivity index (χ2v) is 5.35. The molecule has 0 saturated heterocycles. The molecule has 7 heteroatoms. The van der Waals surface area contributed by atoms with Crippen molar-refractivity contribution >= 4 is 32.4 Å². The van der Waals surface area contributed by atoms with Crippen molar-refractivity contribution in [2.45, 2.75) is 0 Å². The van der Waals surface area contributed by atoms with Gasteiger partial charge in [-0.2, -0.15) is 4.98 Å². The monoisotopic (exact) mass is 315 g/mol. The molecule has 0 amide bonds. The zero-order chi connectivity index (χ0) is 15.5. The van der Waals surface area contributed by atoms with E-state index < -0.39 is 0 Å². The van der Waals surface area contributed by atoms with E-state index in [0.29, 0.717) is 32.5 Å². The van der Waals surface area contributed by atoms with Gasteiger partial charge in [0.15, 0.2) is 5.13 Å². The molecule has 0 bridgehead atoms. The Balaban J connectivity index is 2.04. The van der Waals surface area contributed by atoms with Crippen LogP contribution in [0.25, 0.3) is 10.2 Å². The first-order valence-corrected chi connectivity index (χ1v) is 7.28. The smallest absolute Gasteiger partial charge is 0.282 e. The number of ether oxygens (including phenoxy) is 2. The Morgan fingerprint density at radius 3 is 2.82 bits per heavy atom. The van der Waals surface area contributed by atoms with E-state index in [0.717, 1.165) is 0 Å². The highest BCUT2D eigenvalue weighted by atomic mass is 32.1. The van der Waals surface area contributed by atoms with Crippen LogP contribution in [0, 0.1) is 0 Å². The van der Waals surface area contributed by atoms with Crippen molar-refractivity contribution in [3.05, 3.63) is 46.9 Å². The fourth-order valence-corrected chi connectivity index (χ4v) is 2.83. The number of nitrogens with one attached hydrogen (secondary N) is 1. The summed E-state index contributed by atoms with van der Waals surface area (Å²) in [5.41, 5.74) is 0.353. The maximum atomic E-state index is 12.0. The van der Waals surface area contributed by atoms with E-state index in [2.05, 4.69) is 15.3 Å². The molecule has 6 nitrogen and oxygen atoms in total. The number of aromatic nitrogens is 2. The van der Waals surface area contributed by atoms with Gasteiger partial charge >= 0.3 is 0 Å². The van der Waals surface area contributed by atoms with Crippen LogP contribution < -0.4 is 20.3 Å². The number of nitrogens with zero attached hydrogens (tertiary/aromatic N) is 2. The van der Waals surface area contributed by atoms with Crippen LogP contribution in [0.1, 0.15) is 0 Å². The van der Waals surface area contributed by atoms with E-state index in [4.69, 9.17) is 9.47 Å². The average molecular weight is 315 g/mol. The van der Waals surface area contributed by atoms with Gasteiger partial charge in [-0.25, -0.2) is 4.98 Å². The lowest BCUT2D eigenvalue weighted by molar-refractivity contribution is 0.405. The first kappa shape index (κ1) is 14.3. The average Bonchev–Trinajstić information content (AvgIpc) is 2.55. The second kappa shape index (κ2) is 5.98. The van der Waals surface area contributed by atoms with E-state index in [1.807, 2.05) is 0 Å². The molecule has 3 rings (SSSR count). The lowest BCUT2D eigenvalue weighted by atomic mass is 10.2. The van der Waals surface area contributed by atoms with Crippen LogP contribution >= 0.6 is 11.3 Å². The minimum Gasteiger partial charge on any atom is -0.497 e. The highest BCUT2D eigenvalue weighted by Crippen LogP contribution is 2.32. The van der Waals surface area contributed by atoms with Crippen LogP contribution in [0.2, 0.25) is 0 Å². The molecule has 0 saturated carbocycles. The van der Waals surface area contributed by atoms with Gasteiger partial charge in [-0.15, -0.1) is 0 Å². The van der Waals surface area contributed by atoms with Crippen molar-refractivity contribution < 1.29 is 9.47 Å². The van der Waals surface area contributed by atoms with Crippen molar-refractivity contribution in [2.24, 2.45) is 0 Å². The summed E-state index contributed by atoms with van der Waals surface area (Å²) in [7, 11) is 3.16. The first-order chi connectivity index (χ1) is 10.7. The quantitative estimate of drug-likeness (QED) is 0.798. The van der Waals surface area contributed by atoms with Crippen LogP contribution in [0.3, 0.4) is 0 Å². The number of methoxy groups -OCH3 is 2. The van der Waals surface area contributed by atoms with Gasteiger partial charge in [0, 0.05) is 12.3 Å². The third-order valence-corrected chi connectivity index (χ3v) is 3.95. The summed E-state index contributed by atoms with van der Waals surface area (Å²) in [4.78, 5) is 20.9. The number of benzene rings is 1. The molecule has 0 atom stereocenters. The topological polar surface area (TPSA) is 73.3 Å². The minimum atomic E-state index is -0.314. The predicted octanol–water partition coefficient (Wildman–Crippen LogP) is 2.81. The van der Waals surface area contributed by atoms with Gasteiger partial charge in [-0.3, -0.25) is 4.79 Å². The molecule has 0 spiro atoms. The van der Waals surface area contributed by atoms with Gasteiger partial charge in [-0.05, 0) is 24.3 Å². The summed E-state index contributed by atoms with van der Waals surface area (Å²) < 4.78 is 10.5. The summed E-state index contributed by atoms with van der Waals surface area (Å²) in [6, 6.07) is 8.78. The summed E-state index contributed by atoms with van der Waals surface area (Å²) in [5, 5.41) is 4.05. The Hall–Kier alpha value is -2.67. The molecule has 0 aliphatic rings. The highest BCUT2D eigenvalue weighted by molar-refractivity contribution is 7.21. The predicted molar refractivity (Wildman–Crippen MR) is 86.5 cm³/mol. The number of hydrogen-bond acceptors (Lipinski definition) is 7. The summed E-state index contributed by atoms with van der Waals surface area (Å²) in [5.74, 6) is 1.30.